The molecule has 0 heterocycles. The van der Waals surface area contributed by atoms with Gasteiger partial charge >= 0.3 is 6.18 Å². The van der Waals surface area contributed by atoms with Crippen LogP contribution in [-0.4, -0.2) is 37.0 Å². The zero-order valence-corrected chi connectivity index (χ0v) is 11.4. The summed E-state index contributed by atoms with van der Waals surface area (Å²) < 4.78 is 36.7. The third-order valence-corrected chi connectivity index (χ3v) is 3.06. The summed E-state index contributed by atoms with van der Waals surface area (Å²) in [5.74, 6) is -0.202. The fourth-order valence-electron chi connectivity index (χ4n) is 1.41. The number of carbonyl (C=O) groups excluding carboxylic acids is 1. The van der Waals surface area contributed by atoms with Gasteiger partial charge in [0.05, 0.1) is 13.0 Å². The Bertz CT molecular complexity index is 420. The Morgan fingerprint density at radius 3 is 2.50 bits per heavy atom. The summed E-state index contributed by atoms with van der Waals surface area (Å²) in [5, 5.41) is 0. The average molecular weight is 324 g/mol. The Labute approximate surface area is 112 Å². The first-order valence-corrected chi connectivity index (χ1v) is 6.12. The van der Waals surface area contributed by atoms with Gasteiger partial charge in [0.15, 0.2) is 5.78 Å². The van der Waals surface area contributed by atoms with E-state index >= 15 is 0 Å². The highest BCUT2D eigenvalue weighted by atomic mass is 79.9. The van der Waals surface area contributed by atoms with E-state index in [0.717, 1.165) is 0 Å². The maximum atomic E-state index is 12.0. The Kier molecular flexibility index (Phi) is 5.34. The largest absolute Gasteiger partial charge is 0.390 e. The van der Waals surface area contributed by atoms with Crippen LogP contribution in [0.25, 0.3) is 0 Å². The lowest BCUT2D eigenvalue weighted by Gasteiger charge is -2.17. The molecule has 0 radical (unpaired) electrons. The molecule has 1 rings (SSSR count). The normalized spacial score (nSPS) is 11.9. The standard InChI is InChI=1S/C12H13BrF3NO/c1-17(7-6-12(14,15)16)8-11(18)9-4-2-3-5-10(9)13/h2-5H,6-8H2,1H3. The smallest absolute Gasteiger partial charge is 0.299 e. The summed E-state index contributed by atoms with van der Waals surface area (Å²) in [4.78, 5) is 13.2. The highest BCUT2D eigenvalue weighted by molar-refractivity contribution is 9.10. The summed E-state index contributed by atoms with van der Waals surface area (Å²) >= 11 is 3.24. The molecule has 0 spiro atoms. The van der Waals surface area contributed by atoms with E-state index in [-0.39, 0.29) is 18.9 Å². The Hall–Kier alpha value is -0.880. The molecule has 18 heavy (non-hydrogen) atoms. The number of rotatable bonds is 5. The van der Waals surface area contributed by atoms with Crippen LogP contribution in [0.3, 0.4) is 0 Å². The van der Waals surface area contributed by atoms with E-state index in [1.165, 1.54) is 11.9 Å². The zero-order chi connectivity index (χ0) is 13.8. The molecule has 0 N–H and O–H groups in total. The van der Waals surface area contributed by atoms with Gasteiger partial charge in [-0.05, 0) is 13.1 Å². The van der Waals surface area contributed by atoms with E-state index in [1.54, 1.807) is 24.3 Å². The van der Waals surface area contributed by atoms with E-state index < -0.39 is 12.6 Å². The molecule has 0 amide bonds. The second-order valence-electron chi connectivity index (χ2n) is 4.01. The van der Waals surface area contributed by atoms with E-state index in [1.807, 2.05) is 0 Å². The van der Waals surface area contributed by atoms with Crippen molar-refractivity contribution >= 4 is 21.7 Å². The first kappa shape index (κ1) is 15.2. The van der Waals surface area contributed by atoms with Gasteiger partial charge in [0.2, 0.25) is 0 Å². The topological polar surface area (TPSA) is 20.3 Å². The number of hydrogen-bond acceptors (Lipinski definition) is 2. The molecule has 6 heteroatoms. The van der Waals surface area contributed by atoms with Gasteiger partial charge in [-0.1, -0.05) is 34.1 Å². The van der Waals surface area contributed by atoms with E-state index in [9.17, 15) is 18.0 Å². The number of nitrogens with zero attached hydrogens (tertiary/aromatic N) is 1. The molecule has 0 aromatic heterocycles. The number of ketones is 1. The maximum absolute atomic E-state index is 12.0. The van der Waals surface area contributed by atoms with E-state index in [2.05, 4.69) is 15.9 Å². The Balaban J connectivity index is 2.53. The number of likely N-dealkylation sites (N-methyl/N-ethyl adjacent to an activating group) is 1. The van der Waals surface area contributed by atoms with Gasteiger partial charge in [-0.15, -0.1) is 0 Å². The minimum Gasteiger partial charge on any atom is -0.299 e. The van der Waals surface area contributed by atoms with Crippen LogP contribution in [0.5, 0.6) is 0 Å². The predicted octanol–water partition coefficient (Wildman–Crippen LogP) is 3.52. The first-order valence-electron chi connectivity index (χ1n) is 5.32. The number of alkyl halides is 3. The van der Waals surface area contributed by atoms with Crippen LogP contribution in [0, 0.1) is 0 Å². The van der Waals surface area contributed by atoms with Gasteiger partial charge in [0.25, 0.3) is 0 Å². The number of benzene rings is 1. The van der Waals surface area contributed by atoms with Crippen molar-refractivity contribution in [3.8, 4) is 0 Å². The molecule has 2 nitrogen and oxygen atoms in total. The fourth-order valence-corrected chi connectivity index (χ4v) is 1.92. The lowest BCUT2D eigenvalue weighted by Crippen LogP contribution is -2.29. The van der Waals surface area contributed by atoms with Crippen LogP contribution >= 0.6 is 15.9 Å². The van der Waals surface area contributed by atoms with Crippen molar-refractivity contribution in [3.63, 3.8) is 0 Å². The molecule has 0 saturated heterocycles. The van der Waals surface area contributed by atoms with Crippen molar-refractivity contribution in [2.75, 3.05) is 20.1 Å². The minimum absolute atomic E-state index is 0.0291. The minimum atomic E-state index is -4.19. The average Bonchev–Trinajstić information content (AvgIpc) is 2.26. The van der Waals surface area contributed by atoms with Crippen LogP contribution < -0.4 is 0 Å². The fraction of sp³-hybridized carbons (Fsp3) is 0.417. The zero-order valence-electron chi connectivity index (χ0n) is 9.80. The molecular formula is C12H13BrF3NO. The van der Waals surface area contributed by atoms with Crippen molar-refractivity contribution in [1.82, 2.24) is 4.90 Å². The molecular weight excluding hydrogens is 311 g/mol. The third-order valence-electron chi connectivity index (χ3n) is 2.36. The molecule has 100 valence electrons. The molecule has 0 atom stereocenters. The van der Waals surface area contributed by atoms with Crippen LogP contribution in [0.1, 0.15) is 16.8 Å². The summed E-state index contributed by atoms with van der Waals surface area (Å²) in [6, 6.07) is 6.86. The van der Waals surface area contributed by atoms with Crippen molar-refractivity contribution in [2.24, 2.45) is 0 Å². The molecule has 0 bridgehead atoms. The monoisotopic (exact) mass is 323 g/mol. The van der Waals surface area contributed by atoms with Gasteiger partial charge < -0.3 is 0 Å². The molecule has 1 aromatic carbocycles. The summed E-state index contributed by atoms with van der Waals surface area (Å²) in [5.41, 5.74) is 0.483. The molecule has 0 aliphatic carbocycles. The quantitative estimate of drug-likeness (QED) is 0.773. The molecule has 0 unspecified atom stereocenters. The number of halogens is 4. The highest BCUT2D eigenvalue weighted by Crippen LogP contribution is 2.20. The van der Waals surface area contributed by atoms with Gasteiger partial charge in [-0.25, -0.2) is 0 Å². The summed E-state index contributed by atoms with van der Waals surface area (Å²) in [6.07, 6.45) is -5.10. The Morgan fingerprint density at radius 2 is 1.94 bits per heavy atom. The van der Waals surface area contributed by atoms with Crippen molar-refractivity contribution in [2.45, 2.75) is 12.6 Å². The van der Waals surface area contributed by atoms with E-state index in [4.69, 9.17) is 0 Å². The van der Waals surface area contributed by atoms with Crippen LogP contribution in [-0.2, 0) is 0 Å². The van der Waals surface area contributed by atoms with Crippen LogP contribution in [0.15, 0.2) is 28.7 Å². The molecule has 0 saturated carbocycles. The van der Waals surface area contributed by atoms with Gasteiger partial charge in [-0.3, -0.25) is 9.69 Å². The maximum Gasteiger partial charge on any atom is 0.390 e. The molecule has 0 aliphatic heterocycles. The molecule has 0 aliphatic rings. The van der Waals surface area contributed by atoms with Crippen molar-refractivity contribution in [3.05, 3.63) is 34.3 Å². The van der Waals surface area contributed by atoms with Crippen LogP contribution in [0.2, 0.25) is 0 Å². The van der Waals surface area contributed by atoms with Crippen molar-refractivity contribution < 1.29 is 18.0 Å². The third kappa shape index (κ3) is 5.18. The highest BCUT2D eigenvalue weighted by Gasteiger charge is 2.27. The number of Topliss-reactive ketones (excluding diaryl/α,β-unsaturated/α-hetero) is 1. The van der Waals surface area contributed by atoms with Gasteiger partial charge in [0, 0.05) is 16.6 Å². The number of hydrogen-bond donors (Lipinski definition) is 0. The summed E-state index contributed by atoms with van der Waals surface area (Å²) in [6.45, 7) is -0.210. The first-order chi connectivity index (χ1) is 8.29. The molecule has 1 aromatic rings. The Morgan fingerprint density at radius 1 is 1.33 bits per heavy atom. The van der Waals surface area contributed by atoms with Gasteiger partial charge in [0.1, 0.15) is 0 Å². The SMILES string of the molecule is CN(CCC(F)(F)F)CC(=O)c1ccccc1Br. The van der Waals surface area contributed by atoms with Gasteiger partial charge in [-0.2, -0.15) is 13.2 Å². The van der Waals surface area contributed by atoms with E-state index in [0.29, 0.717) is 10.0 Å². The van der Waals surface area contributed by atoms with Crippen molar-refractivity contribution in [1.29, 1.82) is 0 Å². The summed E-state index contributed by atoms with van der Waals surface area (Å²) in [7, 11) is 1.50. The predicted molar refractivity (Wildman–Crippen MR) is 66.6 cm³/mol. The lowest BCUT2D eigenvalue weighted by molar-refractivity contribution is -0.137. The second-order valence-corrected chi connectivity index (χ2v) is 4.86. The van der Waals surface area contributed by atoms with Crippen LogP contribution in [0.4, 0.5) is 13.2 Å². The number of carbonyl (C=O) groups is 1. The molecule has 0 fully saturated rings. The second kappa shape index (κ2) is 6.33. The lowest BCUT2D eigenvalue weighted by atomic mass is 10.1.